The lowest BCUT2D eigenvalue weighted by Gasteiger charge is -1.94. The Kier molecular flexibility index (Phi) is 2.05. The van der Waals surface area contributed by atoms with Crippen LogP contribution in [0.4, 0.5) is 0 Å². The average molecular weight is 135 g/mol. The van der Waals surface area contributed by atoms with Crippen LogP contribution in [0, 0.1) is 0 Å². The number of allylic oxidation sites excluding steroid dienone is 1. The number of aromatic nitrogens is 1. The van der Waals surface area contributed by atoms with Crippen molar-refractivity contribution in [3.63, 3.8) is 0 Å². The van der Waals surface area contributed by atoms with Crippen molar-refractivity contribution in [1.29, 1.82) is 0 Å². The lowest BCUT2D eigenvalue weighted by Crippen LogP contribution is -1.82. The molecule has 0 unspecified atom stereocenters. The Morgan fingerprint density at radius 3 is 2.90 bits per heavy atom. The number of hydrogen-bond donors (Lipinski definition) is 1. The molecule has 10 heavy (non-hydrogen) atoms. The molecule has 0 aliphatic heterocycles. The minimum Gasteiger partial charge on any atom is -0.515 e. The summed E-state index contributed by atoms with van der Waals surface area (Å²) < 4.78 is 0. The maximum absolute atomic E-state index is 8.59. The minimum atomic E-state index is 0.778. The average Bonchev–Trinajstić information content (AvgIpc) is 2.05. The zero-order valence-corrected chi connectivity index (χ0v) is 5.78. The van der Waals surface area contributed by atoms with Crippen LogP contribution in [0.1, 0.15) is 12.6 Å². The number of aliphatic hydroxyl groups excluding tert-OH is 1. The van der Waals surface area contributed by atoms with Gasteiger partial charge in [0.2, 0.25) is 0 Å². The van der Waals surface area contributed by atoms with Crippen molar-refractivity contribution < 1.29 is 5.11 Å². The second-order valence-electron chi connectivity index (χ2n) is 2.03. The van der Waals surface area contributed by atoms with Gasteiger partial charge in [-0.1, -0.05) is 6.07 Å². The van der Waals surface area contributed by atoms with Gasteiger partial charge in [0.05, 0.1) is 12.0 Å². The van der Waals surface area contributed by atoms with Crippen molar-refractivity contribution in [3.8, 4) is 0 Å². The monoisotopic (exact) mass is 135 g/mol. The molecule has 0 aliphatic carbocycles. The molecule has 1 aromatic rings. The van der Waals surface area contributed by atoms with E-state index >= 15 is 0 Å². The molecule has 0 aliphatic rings. The molecule has 0 atom stereocenters. The second kappa shape index (κ2) is 3.01. The van der Waals surface area contributed by atoms with Crippen LogP contribution in [0.3, 0.4) is 0 Å². The highest BCUT2D eigenvalue weighted by atomic mass is 16.2. The Balaban J connectivity index is 2.96. The minimum absolute atomic E-state index is 0.778. The van der Waals surface area contributed by atoms with Crippen LogP contribution < -0.4 is 0 Å². The molecule has 1 aromatic heterocycles. The molecule has 0 amide bonds. The van der Waals surface area contributed by atoms with Gasteiger partial charge < -0.3 is 5.11 Å². The highest BCUT2D eigenvalue weighted by Gasteiger charge is 1.92. The number of rotatable bonds is 1. The predicted molar refractivity (Wildman–Crippen MR) is 40.5 cm³/mol. The van der Waals surface area contributed by atoms with Gasteiger partial charge >= 0.3 is 0 Å². The number of nitrogens with zero attached hydrogens (tertiary/aromatic N) is 1. The summed E-state index contributed by atoms with van der Waals surface area (Å²) in [6.45, 7) is 1.81. The van der Waals surface area contributed by atoms with E-state index in [4.69, 9.17) is 5.11 Å². The molecule has 1 N–H and O–H groups in total. The first-order valence-electron chi connectivity index (χ1n) is 3.07. The van der Waals surface area contributed by atoms with Crippen molar-refractivity contribution in [2.45, 2.75) is 6.92 Å². The molecule has 0 bridgehead atoms. The fourth-order valence-electron chi connectivity index (χ4n) is 0.662. The van der Waals surface area contributed by atoms with E-state index in [0.29, 0.717) is 0 Å². The summed E-state index contributed by atoms with van der Waals surface area (Å²) >= 11 is 0. The van der Waals surface area contributed by atoms with Gasteiger partial charge in [0.1, 0.15) is 0 Å². The number of hydrogen-bond acceptors (Lipinski definition) is 2. The Morgan fingerprint density at radius 2 is 2.40 bits per heavy atom. The fraction of sp³-hybridized carbons (Fsp3) is 0.125. The first kappa shape index (κ1) is 6.81. The summed E-state index contributed by atoms with van der Waals surface area (Å²) in [5.74, 6) is 0. The van der Waals surface area contributed by atoms with Gasteiger partial charge in [-0.25, -0.2) is 0 Å². The third kappa shape index (κ3) is 1.35. The predicted octanol–water partition coefficient (Wildman–Crippen LogP) is 2.00. The van der Waals surface area contributed by atoms with E-state index in [9.17, 15) is 0 Å². The number of aliphatic hydroxyl groups is 1. The Labute approximate surface area is 59.9 Å². The standard InChI is InChI=1S/C8H9NO/c1-7(6-10)8-4-2-3-5-9-8/h2-6,10H,1H3/b7-6+. The van der Waals surface area contributed by atoms with Crippen molar-refractivity contribution in [3.05, 3.63) is 36.4 Å². The van der Waals surface area contributed by atoms with Crippen LogP contribution in [-0.4, -0.2) is 10.1 Å². The Hall–Kier alpha value is -1.31. The van der Waals surface area contributed by atoms with Crippen LogP contribution in [0.5, 0.6) is 0 Å². The highest BCUT2D eigenvalue weighted by molar-refractivity contribution is 5.58. The third-order valence-electron chi connectivity index (χ3n) is 1.26. The van der Waals surface area contributed by atoms with Gasteiger partial charge in [-0.3, -0.25) is 4.98 Å². The molecular formula is C8H9NO. The molecule has 0 spiro atoms. The first-order chi connectivity index (χ1) is 4.84. The van der Waals surface area contributed by atoms with Gasteiger partial charge in [0, 0.05) is 11.8 Å². The zero-order chi connectivity index (χ0) is 7.40. The first-order valence-corrected chi connectivity index (χ1v) is 3.07. The third-order valence-corrected chi connectivity index (χ3v) is 1.26. The second-order valence-corrected chi connectivity index (χ2v) is 2.03. The van der Waals surface area contributed by atoms with Crippen molar-refractivity contribution in [2.75, 3.05) is 0 Å². The molecular weight excluding hydrogens is 126 g/mol. The Bertz CT molecular complexity index is 228. The van der Waals surface area contributed by atoms with E-state index < -0.39 is 0 Å². The van der Waals surface area contributed by atoms with Gasteiger partial charge in [-0.2, -0.15) is 0 Å². The maximum atomic E-state index is 8.59. The summed E-state index contributed by atoms with van der Waals surface area (Å²) in [5, 5.41) is 8.59. The van der Waals surface area contributed by atoms with Crippen LogP contribution in [0.25, 0.3) is 5.57 Å². The summed E-state index contributed by atoms with van der Waals surface area (Å²) in [6, 6.07) is 5.57. The van der Waals surface area contributed by atoms with Gasteiger partial charge in [-0.05, 0) is 19.1 Å². The van der Waals surface area contributed by atoms with Gasteiger partial charge in [-0.15, -0.1) is 0 Å². The van der Waals surface area contributed by atoms with E-state index in [0.717, 1.165) is 17.5 Å². The highest BCUT2D eigenvalue weighted by Crippen LogP contribution is 2.07. The quantitative estimate of drug-likeness (QED) is 0.597. The molecule has 2 nitrogen and oxygen atoms in total. The van der Waals surface area contributed by atoms with Crippen molar-refractivity contribution in [1.82, 2.24) is 4.98 Å². The summed E-state index contributed by atoms with van der Waals surface area (Å²) in [7, 11) is 0. The van der Waals surface area contributed by atoms with E-state index in [1.165, 1.54) is 0 Å². The Morgan fingerprint density at radius 1 is 1.60 bits per heavy atom. The van der Waals surface area contributed by atoms with Crippen LogP contribution in [-0.2, 0) is 0 Å². The fourth-order valence-corrected chi connectivity index (χ4v) is 0.662. The molecule has 2 heteroatoms. The van der Waals surface area contributed by atoms with Crippen molar-refractivity contribution >= 4 is 5.57 Å². The zero-order valence-electron chi connectivity index (χ0n) is 5.78. The normalized spacial score (nSPS) is 11.5. The van der Waals surface area contributed by atoms with E-state index in [1.54, 1.807) is 6.20 Å². The summed E-state index contributed by atoms with van der Waals surface area (Å²) in [6.07, 6.45) is 2.75. The van der Waals surface area contributed by atoms with Gasteiger partial charge in [0.25, 0.3) is 0 Å². The van der Waals surface area contributed by atoms with E-state index in [-0.39, 0.29) is 0 Å². The van der Waals surface area contributed by atoms with E-state index in [2.05, 4.69) is 4.98 Å². The number of pyridine rings is 1. The van der Waals surface area contributed by atoms with Crippen LogP contribution >= 0.6 is 0 Å². The largest absolute Gasteiger partial charge is 0.515 e. The lowest BCUT2D eigenvalue weighted by molar-refractivity contribution is 0.475. The molecule has 0 radical (unpaired) electrons. The van der Waals surface area contributed by atoms with Crippen molar-refractivity contribution in [2.24, 2.45) is 0 Å². The van der Waals surface area contributed by atoms with E-state index in [1.807, 2.05) is 25.1 Å². The molecule has 0 aromatic carbocycles. The molecule has 0 saturated heterocycles. The summed E-state index contributed by atoms with van der Waals surface area (Å²) in [5.41, 5.74) is 1.59. The smallest absolute Gasteiger partial charge is 0.0842 e. The molecule has 0 saturated carbocycles. The molecule has 1 rings (SSSR count). The molecule has 52 valence electrons. The summed E-state index contributed by atoms with van der Waals surface area (Å²) in [4.78, 5) is 4.02. The maximum Gasteiger partial charge on any atom is 0.0842 e. The lowest BCUT2D eigenvalue weighted by atomic mass is 10.2. The topological polar surface area (TPSA) is 33.1 Å². The van der Waals surface area contributed by atoms with Gasteiger partial charge in [0.15, 0.2) is 0 Å². The molecule has 0 fully saturated rings. The molecule has 1 heterocycles. The van der Waals surface area contributed by atoms with Crippen LogP contribution in [0.15, 0.2) is 30.7 Å². The van der Waals surface area contributed by atoms with Crippen LogP contribution in [0.2, 0.25) is 0 Å². The SMILES string of the molecule is C/C(=C\O)c1ccccn1.